The molecule has 0 atom stereocenters. The average Bonchev–Trinajstić information content (AvgIpc) is 2.53. The molecule has 2 aromatic carbocycles. The molecule has 3 aromatic rings. The number of benzene rings is 2. The number of nitrogens with one attached hydrogen (secondary N) is 1. The minimum Gasteiger partial charge on any atom is -0.373 e. The Hall–Kier alpha value is -2.42. The summed E-state index contributed by atoms with van der Waals surface area (Å²) in [7, 11) is 1.88. The van der Waals surface area contributed by atoms with Crippen molar-refractivity contribution in [2.75, 3.05) is 12.4 Å². The minimum atomic E-state index is 0.783. The highest BCUT2D eigenvalue weighted by atomic mass is 15.0. The van der Waals surface area contributed by atoms with Crippen LogP contribution in [0.2, 0.25) is 0 Å². The quantitative estimate of drug-likeness (QED) is 0.778. The molecule has 0 fully saturated rings. The fourth-order valence-corrected chi connectivity index (χ4v) is 2.35. The first-order valence-electron chi connectivity index (χ1n) is 6.85. The van der Waals surface area contributed by atoms with Gasteiger partial charge in [0, 0.05) is 24.4 Å². The van der Waals surface area contributed by atoms with Crippen molar-refractivity contribution in [3.63, 3.8) is 0 Å². The van der Waals surface area contributed by atoms with E-state index in [9.17, 15) is 0 Å². The monoisotopic (exact) mass is 263 g/mol. The summed E-state index contributed by atoms with van der Waals surface area (Å²) in [6, 6.07) is 16.6. The van der Waals surface area contributed by atoms with Gasteiger partial charge in [0.2, 0.25) is 0 Å². The third-order valence-corrected chi connectivity index (χ3v) is 3.43. The molecular formula is C17H17N3. The highest BCUT2D eigenvalue weighted by molar-refractivity contribution is 5.95. The van der Waals surface area contributed by atoms with Gasteiger partial charge in [-0.05, 0) is 17.2 Å². The molecule has 3 nitrogen and oxygen atoms in total. The van der Waals surface area contributed by atoms with Crippen LogP contribution in [0.4, 0.5) is 5.82 Å². The Balaban J connectivity index is 2.25. The Morgan fingerprint density at radius 1 is 1.00 bits per heavy atom. The van der Waals surface area contributed by atoms with Crippen LogP contribution >= 0.6 is 0 Å². The second kappa shape index (κ2) is 5.29. The van der Waals surface area contributed by atoms with Crippen LogP contribution in [0.3, 0.4) is 0 Å². The van der Waals surface area contributed by atoms with E-state index in [0.29, 0.717) is 0 Å². The lowest BCUT2D eigenvalue weighted by Crippen LogP contribution is -2.00. The van der Waals surface area contributed by atoms with Crippen molar-refractivity contribution in [3.05, 3.63) is 54.2 Å². The SMILES string of the molecule is CCc1cc(NC)nc(-c2cccc3ccccc23)n1. The van der Waals surface area contributed by atoms with Crippen molar-refractivity contribution in [1.82, 2.24) is 9.97 Å². The van der Waals surface area contributed by atoms with Crippen LogP contribution in [0.5, 0.6) is 0 Å². The van der Waals surface area contributed by atoms with Crippen molar-refractivity contribution < 1.29 is 0 Å². The summed E-state index contributed by atoms with van der Waals surface area (Å²) in [6.45, 7) is 2.11. The first-order valence-corrected chi connectivity index (χ1v) is 6.85. The lowest BCUT2D eigenvalue weighted by Gasteiger charge is -2.09. The van der Waals surface area contributed by atoms with Crippen molar-refractivity contribution in [3.8, 4) is 11.4 Å². The summed E-state index contributed by atoms with van der Waals surface area (Å²) in [4.78, 5) is 9.27. The van der Waals surface area contributed by atoms with Gasteiger partial charge in [-0.25, -0.2) is 9.97 Å². The summed E-state index contributed by atoms with van der Waals surface area (Å²) in [5, 5.41) is 5.50. The normalized spacial score (nSPS) is 10.7. The number of rotatable bonds is 3. The molecule has 3 rings (SSSR count). The fraction of sp³-hybridized carbons (Fsp3) is 0.176. The molecule has 0 radical (unpaired) electrons. The maximum absolute atomic E-state index is 4.67. The second-order valence-corrected chi connectivity index (χ2v) is 4.70. The molecule has 1 N–H and O–H groups in total. The van der Waals surface area contributed by atoms with Gasteiger partial charge in [-0.1, -0.05) is 49.4 Å². The van der Waals surface area contributed by atoms with E-state index in [1.165, 1.54) is 10.8 Å². The van der Waals surface area contributed by atoms with Crippen molar-refractivity contribution >= 4 is 16.6 Å². The third kappa shape index (κ3) is 2.23. The zero-order chi connectivity index (χ0) is 13.9. The molecule has 20 heavy (non-hydrogen) atoms. The van der Waals surface area contributed by atoms with Crippen molar-refractivity contribution in [2.24, 2.45) is 0 Å². The smallest absolute Gasteiger partial charge is 0.162 e. The Bertz CT molecular complexity index is 723. The lowest BCUT2D eigenvalue weighted by molar-refractivity contribution is 1.01. The number of aryl methyl sites for hydroxylation is 1. The van der Waals surface area contributed by atoms with E-state index in [-0.39, 0.29) is 0 Å². The van der Waals surface area contributed by atoms with Crippen LogP contribution < -0.4 is 5.32 Å². The maximum atomic E-state index is 4.67. The van der Waals surface area contributed by atoms with Gasteiger partial charge < -0.3 is 5.32 Å². The molecule has 0 unspecified atom stereocenters. The van der Waals surface area contributed by atoms with Crippen molar-refractivity contribution in [1.29, 1.82) is 0 Å². The zero-order valence-corrected chi connectivity index (χ0v) is 11.7. The molecule has 0 saturated heterocycles. The summed E-state index contributed by atoms with van der Waals surface area (Å²) in [5.74, 6) is 1.64. The molecule has 1 heterocycles. The largest absolute Gasteiger partial charge is 0.373 e. The first kappa shape index (κ1) is 12.6. The molecule has 0 spiro atoms. The molecule has 0 saturated carbocycles. The Labute approximate surface area is 118 Å². The Morgan fingerprint density at radius 3 is 2.60 bits per heavy atom. The van der Waals surface area contributed by atoms with Gasteiger partial charge in [-0.3, -0.25) is 0 Å². The van der Waals surface area contributed by atoms with Crippen LogP contribution in [0.15, 0.2) is 48.5 Å². The molecule has 0 aliphatic rings. The predicted molar refractivity (Wildman–Crippen MR) is 83.9 cm³/mol. The number of anilines is 1. The van der Waals surface area contributed by atoms with Crippen LogP contribution in [-0.4, -0.2) is 17.0 Å². The number of aromatic nitrogens is 2. The van der Waals surface area contributed by atoms with Gasteiger partial charge >= 0.3 is 0 Å². The number of nitrogens with zero attached hydrogens (tertiary/aromatic N) is 2. The van der Waals surface area contributed by atoms with Crippen LogP contribution in [-0.2, 0) is 6.42 Å². The van der Waals surface area contributed by atoms with E-state index in [0.717, 1.165) is 29.3 Å². The van der Waals surface area contributed by atoms with Gasteiger partial charge in [-0.2, -0.15) is 0 Å². The summed E-state index contributed by atoms with van der Waals surface area (Å²) in [6.07, 6.45) is 0.898. The molecule has 0 aliphatic carbocycles. The standard InChI is InChI=1S/C17H17N3/c1-3-13-11-16(18-2)20-17(19-13)15-10-6-8-12-7-4-5-9-14(12)15/h4-11H,3H2,1-2H3,(H,18,19,20). The van der Waals surface area contributed by atoms with E-state index < -0.39 is 0 Å². The van der Waals surface area contributed by atoms with Crippen LogP contribution in [0, 0.1) is 0 Å². The number of fused-ring (bicyclic) bond motifs is 1. The summed E-state index contributed by atoms with van der Waals surface area (Å²) < 4.78 is 0. The first-order chi connectivity index (χ1) is 9.81. The lowest BCUT2D eigenvalue weighted by atomic mass is 10.0. The highest BCUT2D eigenvalue weighted by Crippen LogP contribution is 2.27. The molecular weight excluding hydrogens is 246 g/mol. The number of hydrogen-bond donors (Lipinski definition) is 1. The summed E-state index contributed by atoms with van der Waals surface area (Å²) in [5.41, 5.74) is 2.13. The Morgan fingerprint density at radius 2 is 1.80 bits per heavy atom. The second-order valence-electron chi connectivity index (χ2n) is 4.70. The van der Waals surface area contributed by atoms with Gasteiger partial charge in [0.15, 0.2) is 5.82 Å². The van der Waals surface area contributed by atoms with Crippen LogP contribution in [0.1, 0.15) is 12.6 Å². The Kier molecular flexibility index (Phi) is 3.33. The highest BCUT2D eigenvalue weighted by Gasteiger charge is 2.08. The predicted octanol–water partition coefficient (Wildman–Crippen LogP) is 3.90. The van der Waals surface area contributed by atoms with Gasteiger partial charge in [-0.15, -0.1) is 0 Å². The van der Waals surface area contributed by atoms with E-state index in [4.69, 9.17) is 0 Å². The average molecular weight is 263 g/mol. The van der Waals surface area contributed by atoms with Gasteiger partial charge in [0.1, 0.15) is 5.82 Å². The van der Waals surface area contributed by atoms with E-state index in [1.54, 1.807) is 0 Å². The summed E-state index contributed by atoms with van der Waals surface area (Å²) >= 11 is 0. The van der Waals surface area contributed by atoms with Crippen molar-refractivity contribution in [2.45, 2.75) is 13.3 Å². The molecule has 0 bridgehead atoms. The topological polar surface area (TPSA) is 37.8 Å². The van der Waals surface area contributed by atoms with Gasteiger partial charge in [0.05, 0.1) is 0 Å². The van der Waals surface area contributed by atoms with Crippen LogP contribution in [0.25, 0.3) is 22.2 Å². The fourth-order valence-electron chi connectivity index (χ4n) is 2.35. The van der Waals surface area contributed by atoms with E-state index in [2.05, 4.69) is 64.7 Å². The molecule has 0 aliphatic heterocycles. The third-order valence-electron chi connectivity index (χ3n) is 3.43. The van der Waals surface area contributed by atoms with Gasteiger partial charge in [0.25, 0.3) is 0 Å². The number of hydrogen-bond acceptors (Lipinski definition) is 3. The van der Waals surface area contributed by atoms with E-state index >= 15 is 0 Å². The molecule has 3 heteroatoms. The molecule has 100 valence electrons. The van der Waals surface area contributed by atoms with E-state index in [1.807, 2.05) is 13.1 Å². The zero-order valence-electron chi connectivity index (χ0n) is 11.7. The minimum absolute atomic E-state index is 0.783. The molecule has 1 aromatic heterocycles. The molecule has 0 amide bonds. The maximum Gasteiger partial charge on any atom is 0.162 e.